The van der Waals surface area contributed by atoms with Gasteiger partial charge in [0.2, 0.25) is 0 Å². The highest BCUT2D eigenvalue weighted by Gasteiger charge is 2.40. The molecule has 0 spiro atoms. The smallest absolute Gasteiger partial charge is 0.198 e. The molecule has 14 heavy (non-hydrogen) atoms. The second kappa shape index (κ2) is 4.04. The quantitative estimate of drug-likeness (QED) is 0.599. The lowest BCUT2D eigenvalue weighted by molar-refractivity contribution is -0.102. The van der Waals surface area contributed by atoms with Crippen molar-refractivity contribution in [3.63, 3.8) is 0 Å². The van der Waals surface area contributed by atoms with E-state index in [0.717, 1.165) is 0 Å². The predicted octanol–water partition coefficient (Wildman–Crippen LogP) is 3.43. The SMILES string of the molecule is CC1C(C(F)(F)F)=CCCC1CC#N. The van der Waals surface area contributed by atoms with E-state index in [2.05, 4.69) is 0 Å². The number of allylic oxidation sites excluding steroid dienone is 2. The summed E-state index contributed by atoms with van der Waals surface area (Å²) in [7, 11) is 0. The summed E-state index contributed by atoms with van der Waals surface area (Å²) in [5.74, 6) is -0.676. The molecule has 2 atom stereocenters. The molecule has 0 bridgehead atoms. The van der Waals surface area contributed by atoms with Gasteiger partial charge in [0.25, 0.3) is 0 Å². The minimum absolute atomic E-state index is 0.137. The van der Waals surface area contributed by atoms with Crippen LogP contribution in [0.3, 0.4) is 0 Å². The molecule has 1 nitrogen and oxygen atoms in total. The summed E-state index contributed by atoms with van der Waals surface area (Å²) in [4.78, 5) is 0. The zero-order chi connectivity index (χ0) is 10.8. The maximum atomic E-state index is 12.5. The molecular formula is C10H12F3N. The van der Waals surface area contributed by atoms with Crippen LogP contribution in [0.4, 0.5) is 13.2 Å². The van der Waals surface area contributed by atoms with E-state index in [1.807, 2.05) is 6.07 Å². The standard InChI is InChI=1S/C10H12F3N/c1-7-8(5-6-14)3-2-4-9(7)10(11,12)13/h4,7-8H,2-3,5H2,1H3. The Hall–Kier alpha value is -0.980. The Morgan fingerprint density at radius 3 is 2.71 bits per heavy atom. The van der Waals surface area contributed by atoms with Crippen molar-refractivity contribution in [3.8, 4) is 6.07 Å². The summed E-state index contributed by atoms with van der Waals surface area (Å²) in [6, 6.07) is 1.95. The molecule has 0 radical (unpaired) electrons. The summed E-state index contributed by atoms with van der Waals surface area (Å²) in [5.41, 5.74) is -0.455. The van der Waals surface area contributed by atoms with E-state index in [4.69, 9.17) is 5.26 Å². The van der Waals surface area contributed by atoms with Gasteiger partial charge in [-0.05, 0) is 24.7 Å². The van der Waals surface area contributed by atoms with Gasteiger partial charge in [-0.1, -0.05) is 13.0 Å². The van der Waals surface area contributed by atoms with Gasteiger partial charge in [0.15, 0.2) is 0 Å². The molecule has 0 N–H and O–H groups in total. The normalized spacial score (nSPS) is 28.1. The number of rotatable bonds is 1. The van der Waals surface area contributed by atoms with Gasteiger partial charge in [0.05, 0.1) is 6.07 Å². The van der Waals surface area contributed by atoms with Crippen LogP contribution < -0.4 is 0 Å². The van der Waals surface area contributed by atoms with Crippen LogP contribution in [0.2, 0.25) is 0 Å². The molecule has 78 valence electrons. The number of alkyl halides is 3. The van der Waals surface area contributed by atoms with Crippen molar-refractivity contribution in [2.45, 2.75) is 32.4 Å². The van der Waals surface area contributed by atoms with Gasteiger partial charge in [0, 0.05) is 12.0 Å². The first-order valence-electron chi connectivity index (χ1n) is 4.61. The van der Waals surface area contributed by atoms with Crippen molar-refractivity contribution >= 4 is 0 Å². The lowest BCUT2D eigenvalue weighted by atomic mass is 9.78. The fourth-order valence-electron chi connectivity index (χ4n) is 1.91. The molecule has 0 heterocycles. The van der Waals surface area contributed by atoms with Crippen LogP contribution in [0.1, 0.15) is 26.2 Å². The molecule has 1 aliphatic carbocycles. The molecule has 4 heteroatoms. The Balaban J connectivity index is 2.80. The van der Waals surface area contributed by atoms with E-state index in [9.17, 15) is 13.2 Å². The maximum Gasteiger partial charge on any atom is 0.412 e. The Morgan fingerprint density at radius 1 is 1.57 bits per heavy atom. The zero-order valence-corrected chi connectivity index (χ0v) is 7.93. The van der Waals surface area contributed by atoms with Crippen LogP contribution in [0.15, 0.2) is 11.6 Å². The van der Waals surface area contributed by atoms with E-state index in [0.29, 0.717) is 12.8 Å². The van der Waals surface area contributed by atoms with Crippen LogP contribution in [0, 0.1) is 23.2 Å². The van der Waals surface area contributed by atoms with Gasteiger partial charge >= 0.3 is 6.18 Å². The maximum absolute atomic E-state index is 12.5. The highest BCUT2D eigenvalue weighted by atomic mass is 19.4. The Morgan fingerprint density at radius 2 is 2.21 bits per heavy atom. The third-order valence-electron chi connectivity index (χ3n) is 2.78. The largest absolute Gasteiger partial charge is 0.412 e. The monoisotopic (exact) mass is 203 g/mol. The van der Waals surface area contributed by atoms with Crippen LogP contribution >= 0.6 is 0 Å². The van der Waals surface area contributed by atoms with Crippen LogP contribution in [0.25, 0.3) is 0 Å². The number of nitrogens with zero attached hydrogens (tertiary/aromatic N) is 1. The lowest BCUT2D eigenvalue weighted by Gasteiger charge is -2.29. The third-order valence-corrected chi connectivity index (χ3v) is 2.78. The predicted molar refractivity (Wildman–Crippen MR) is 46.3 cm³/mol. The molecule has 0 aliphatic heterocycles. The average Bonchev–Trinajstić information content (AvgIpc) is 2.07. The highest BCUT2D eigenvalue weighted by Crippen LogP contribution is 2.40. The Bertz CT molecular complexity index is 272. The van der Waals surface area contributed by atoms with Crippen molar-refractivity contribution in [1.29, 1.82) is 5.26 Å². The average molecular weight is 203 g/mol. The molecule has 0 aromatic heterocycles. The minimum Gasteiger partial charge on any atom is -0.198 e. The molecule has 1 aliphatic rings. The number of hydrogen-bond donors (Lipinski definition) is 0. The van der Waals surface area contributed by atoms with E-state index in [1.165, 1.54) is 6.08 Å². The van der Waals surface area contributed by atoms with Crippen LogP contribution in [-0.4, -0.2) is 6.18 Å². The minimum atomic E-state index is -4.23. The van der Waals surface area contributed by atoms with Gasteiger partial charge in [-0.15, -0.1) is 0 Å². The van der Waals surface area contributed by atoms with Crippen molar-refractivity contribution < 1.29 is 13.2 Å². The fourth-order valence-corrected chi connectivity index (χ4v) is 1.91. The highest BCUT2D eigenvalue weighted by molar-refractivity contribution is 5.16. The Labute approximate surface area is 81.2 Å². The fraction of sp³-hybridized carbons (Fsp3) is 0.700. The molecule has 1 rings (SSSR count). The van der Waals surface area contributed by atoms with Crippen LogP contribution in [-0.2, 0) is 0 Å². The van der Waals surface area contributed by atoms with Gasteiger partial charge in [-0.2, -0.15) is 18.4 Å². The number of halogens is 3. The summed E-state index contributed by atoms with van der Waals surface area (Å²) < 4.78 is 37.4. The second-order valence-electron chi connectivity index (χ2n) is 3.65. The molecule has 0 saturated carbocycles. The molecule has 2 unspecified atom stereocenters. The van der Waals surface area contributed by atoms with E-state index in [-0.39, 0.29) is 12.3 Å². The summed E-state index contributed by atoms with van der Waals surface area (Å²) in [6.45, 7) is 1.56. The first-order chi connectivity index (χ1) is 6.46. The number of hydrogen-bond acceptors (Lipinski definition) is 1. The van der Waals surface area contributed by atoms with E-state index in [1.54, 1.807) is 6.92 Å². The zero-order valence-electron chi connectivity index (χ0n) is 7.93. The van der Waals surface area contributed by atoms with Crippen LogP contribution in [0.5, 0.6) is 0 Å². The van der Waals surface area contributed by atoms with E-state index >= 15 is 0 Å². The molecule has 0 amide bonds. The Kier molecular flexibility index (Phi) is 3.20. The molecule has 0 aromatic rings. The first-order valence-corrected chi connectivity index (χ1v) is 4.61. The van der Waals surface area contributed by atoms with Gasteiger partial charge in [-0.3, -0.25) is 0 Å². The summed E-state index contributed by atoms with van der Waals surface area (Å²) >= 11 is 0. The lowest BCUT2D eigenvalue weighted by Crippen LogP contribution is -2.26. The van der Waals surface area contributed by atoms with Gasteiger partial charge in [-0.25, -0.2) is 0 Å². The van der Waals surface area contributed by atoms with Gasteiger partial charge < -0.3 is 0 Å². The molecule has 0 fully saturated rings. The molecule has 0 aromatic carbocycles. The van der Waals surface area contributed by atoms with Crippen molar-refractivity contribution in [3.05, 3.63) is 11.6 Å². The summed E-state index contributed by atoms with van der Waals surface area (Å²) in [5, 5.41) is 8.47. The van der Waals surface area contributed by atoms with Crippen molar-refractivity contribution in [1.82, 2.24) is 0 Å². The van der Waals surface area contributed by atoms with Crippen molar-refractivity contribution in [2.24, 2.45) is 11.8 Å². The third kappa shape index (κ3) is 2.28. The molecule has 0 saturated heterocycles. The second-order valence-corrected chi connectivity index (χ2v) is 3.65. The van der Waals surface area contributed by atoms with Gasteiger partial charge in [0.1, 0.15) is 0 Å². The first kappa shape index (κ1) is 11.1. The van der Waals surface area contributed by atoms with E-state index < -0.39 is 17.7 Å². The molecular weight excluding hydrogens is 191 g/mol. The topological polar surface area (TPSA) is 23.8 Å². The number of nitriles is 1. The summed E-state index contributed by atoms with van der Waals surface area (Å²) in [6.07, 6.45) is -1.62. The van der Waals surface area contributed by atoms with Crippen molar-refractivity contribution in [2.75, 3.05) is 0 Å².